The van der Waals surface area contributed by atoms with Crippen LogP contribution in [0.1, 0.15) is 36.9 Å². The van der Waals surface area contributed by atoms with Crippen LogP contribution in [-0.4, -0.2) is 25.6 Å². The Balaban J connectivity index is 1.80. The van der Waals surface area contributed by atoms with E-state index in [9.17, 15) is 20.2 Å². The van der Waals surface area contributed by atoms with Crippen molar-refractivity contribution in [3.05, 3.63) is 67.9 Å². The minimum atomic E-state index is -0.612. The number of rotatable bonds is 9. The van der Waals surface area contributed by atoms with Gasteiger partial charge in [-0.2, -0.15) is 5.26 Å². The number of amides is 1. The molecule has 0 unspecified atom stereocenters. The minimum Gasteiger partial charge on any atom is -0.317 e. The Hall–Kier alpha value is -3.55. The van der Waals surface area contributed by atoms with Crippen molar-refractivity contribution in [1.82, 2.24) is 14.8 Å². The number of nitro groups is 1. The number of carbonyl (C=O) groups is 1. The van der Waals surface area contributed by atoms with Crippen molar-refractivity contribution >= 4 is 45.7 Å². The number of nitro benzene ring substituents is 1. The number of unbranched alkanes of at least 4 members (excludes halogenated alkanes) is 2. The number of nitrogens with one attached hydrogen (secondary N) is 1. The van der Waals surface area contributed by atoms with Gasteiger partial charge in [0.2, 0.25) is 5.13 Å². The smallest absolute Gasteiger partial charge is 0.289 e. The number of aromatic nitrogens is 3. The Morgan fingerprint density at radius 3 is 2.91 bits per heavy atom. The monoisotopic (exact) mass is 470 g/mol. The van der Waals surface area contributed by atoms with Crippen LogP contribution in [-0.2, 0) is 11.2 Å². The van der Waals surface area contributed by atoms with E-state index in [1.54, 1.807) is 29.0 Å². The van der Waals surface area contributed by atoms with E-state index in [1.165, 1.54) is 29.5 Å². The highest BCUT2D eigenvalue weighted by atomic mass is 35.5. The third-order valence-corrected chi connectivity index (χ3v) is 5.74. The van der Waals surface area contributed by atoms with Crippen molar-refractivity contribution in [2.45, 2.75) is 32.6 Å². The summed E-state index contributed by atoms with van der Waals surface area (Å²) < 4.78 is 1.62. The van der Waals surface area contributed by atoms with Gasteiger partial charge < -0.3 is 4.57 Å². The molecule has 2 heterocycles. The lowest BCUT2D eigenvalue weighted by atomic mass is 10.2. The summed E-state index contributed by atoms with van der Waals surface area (Å²) in [7, 11) is 0. The third kappa shape index (κ3) is 5.57. The van der Waals surface area contributed by atoms with Crippen molar-refractivity contribution in [2.75, 3.05) is 5.32 Å². The maximum Gasteiger partial charge on any atom is 0.289 e. The average Bonchev–Trinajstić information content (AvgIpc) is 3.41. The highest BCUT2D eigenvalue weighted by molar-refractivity contribution is 7.15. The number of halogens is 1. The molecule has 0 atom stereocenters. The van der Waals surface area contributed by atoms with Gasteiger partial charge in [0.25, 0.3) is 11.6 Å². The highest BCUT2D eigenvalue weighted by Gasteiger charge is 2.16. The lowest BCUT2D eigenvalue weighted by Gasteiger charge is -2.08. The summed E-state index contributed by atoms with van der Waals surface area (Å²) in [5.74, 6) is -0.612. The molecular weight excluding hydrogens is 452 g/mol. The molecule has 0 fully saturated rings. The minimum absolute atomic E-state index is 0.0196. The van der Waals surface area contributed by atoms with Crippen molar-refractivity contribution in [1.29, 1.82) is 5.26 Å². The number of hydrogen-bond acceptors (Lipinski definition) is 7. The van der Waals surface area contributed by atoms with E-state index in [1.807, 2.05) is 6.07 Å². The number of nitrogens with zero attached hydrogens (tertiary/aromatic N) is 5. The van der Waals surface area contributed by atoms with Gasteiger partial charge in [-0.1, -0.05) is 42.7 Å². The van der Waals surface area contributed by atoms with Crippen molar-refractivity contribution in [2.24, 2.45) is 0 Å². The van der Waals surface area contributed by atoms with Crippen LogP contribution in [0.5, 0.6) is 0 Å². The van der Waals surface area contributed by atoms with Crippen molar-refractivity contribution in [3.8, 4) is 11.8 Å². The molecule has 0 aliphatic heterocycles. The summed E-state index contributed by atoms with van der Waals surface area (Å²) >= 11 is 7.17. The van der Waals surface area contributed by atoms with Gasteiger partial charge >= 0.3 is 0 Å². The van der Waals surface area contributed by atoms with Crippen LogP contribution in [0.4, 0.5) is 10.8 Å². The average molecular weight is 471 g/mol. The molecule has 3 rings (SSSR count). The van der Waals surface area contributed by atoms with Crippen molar-refractivity contribution in [3.63, 3.8) is 0 Å². The van der Waals surface area contributed by atoms with Crippen LogP contribution in [0.25, 0.3) is 11.8 Å². The molecule has 0 aliphatic rings. The maximum absolute atomic E-state index is 12.6. The Bertz CT molecular complexity index is 1210. The summed E-state index contributed by atoms with van der Waals surface area (Å²) in [4.78, 5) is 23.2. The largest absolute Gasteiger partial charge is 0.317 e. The van der Waals surface area contributed by atoms with Gasteiger partial charge in [-0.05, 0) is 36.8 Å². The van der Waals surface area contributed by atoms with Gasteiger partial charge in [0.1, 0.15) is 21.7 Å². The molecule has 1 amide bonds. The maximum atomic E-state index is 12.6. The lowest BCUT2D eigenvalue weighted by molar-refractivity contribution is -0.384. The van der Waals surface area contributed by atoms with Gasteiger partial charge in [0.15, 0.2) is 0 Å². The van der Waals surface area contributed by atoms with Gasteiger partial charge in [-0.15, -0.1) is 10.2 Å². The fourth-order valence-corrected chi connectivity index (χ4v) is 3.89. The Morgan fingerprint density at radius 1 is 1.38 bits per heavy atom. The molecule has 2 aromatic heterocycles. The fraction of sp³-hybridized carbons (Fsp3) is 0.238. The van der Waals surface area contributed by atoms with E-state index in [-0.39, 0.29) is 16.3 Å². The van der Waals surface area contributed by atoms with E-state index in [4.69, 9.17) is 11.6 Å². The first-order valence-corrected chi connectivity index (χ1v) is 11.0. The standard InChI is InChI=1S/C21H19ClN6O3S/c1-2-3-4-7-19-25-26-21(32-19)24-20(29)14(13-23)11-15-6-5-10-27(15)16-8-9-17(22)18(12-16)28(30)31/h5-6,8-12H,2-4,7H2,1H3,(H,24,26,29)/b14-11-. The van der Waals surface area contributed by atoms with Gasteiger partial charge in [-0.3, -0.25) is 20.2 Å². The molecule has 9 nitrogen and oxygen atoms in total. The first-order valence-electron chi connectivity index (χ1n) is 9.80. The van der Waals surface area contributed by atoms with Crippen LogP contribution >= 0.6 is 22.9 Å². The number of anilines is 1. The lowest BCUT2D eigenvalue weighted by Crippen LogP contribution is -2.13. The first kappa shape index (κ1) is 23.1. The second kappa shape index (κ2) is 10.7. The molecule has 3 aromatic rings. The summed E-state index contributed by atoms with van der Waals surface area (Å²) in [5.41, 5.74) is 0.579. The Morgan fingerprint density at radius 2 is 2.19 bits per heavy atom. The van der Waals surface area contributed by atoms with E-state index < -0.39 is 10.8 Å². The normalized spacial score (nSPS) is 11.2. The number of hydrogen-bond donors (Lipinski definition) is 1. The SMILES string of the molecule is CCCCCc1nnc(NC(=O)/C(C#N)=C\c2cccn2-c2ccc(Cl)c([N+](=O)[O-])c2)s1. The number of aryl methyl sites for hydroxylation is 1. The van der Waals surface area contributed by atoms with Crippen LogP contribution in [0.2, 0.25) is 5.02 Å². The van der Waals surface area contributed by atoms with E-state index in [2.05, 4.69) is 22.4 Å². The van der Waals surface area contributed by atoms with E-state index in [0.717, 1.165) is 30.7 Å². The number of carbonyl (C=O) groups excluding carboxylic acids is 1. The first-order chi connectivity index (χ1) is 15.4. The molecule has 11 heteroatoms. The molecular formula is C21H19ClN6O3S. The predicted molar refractivity (Wildman–Crippen MR) is 123 cm³/mol. The van der Waals surface area contributed by atoms with Crippen LogP contribution in [0.15, 0.2) is 42.1 Å². The van der Waals surface area contributed by atoms with Crippen LogP contribution in [0.3, 0.4) is 0 Å². The van der Waals surface area contributed by atoms with E-state index in [0.29, 0.717) is 16.5 Å². The fourth-order valence-electron chi connectivity index (χ4n) is 2.93. The van der Waals surface area contributed by atoms with Gasteiger partial charge in [-0.25, -0.2) is 0 Å². The summed E-state index contributed by atoms with van der Waals surface area (Å²) in [5, 5.41) is 32.5. The molecule has 0 saturated carbocycles. The molecule has 0 bridgehead atoms. The molecule has 0 aliphatic carbocycles. The van der Waals surface area contributed by atoms with E-state index >= 15 is 0 Å². The molecule has 0 radical (unpaired) electrons. The molecule has 164 valence electrons. The molecule has 1 aromatic carbocycles. The van der Waals surface area contributed by atoms with Gasteiger partial charge in [0, 0.05) is 24.4 Å². The topological polar surface area (TPSA) is 127 Å². The zero-order valence-corrected chi connectivity index (χ0v) is 18.7. The van der Waals surface area contributed by atoms with Crippen LogP contribution < -0.4 is 5.32 Å². The van der Waals surface area contributed by atoms with Crippen LogP contribution in [0, 0.1) is 21.4 Å². The molecule has 1 N–H and O–H groups in total. The number of benzene rings is 1. The summed E-state index contributed by atoms with van der Waals surface area (Å²) in [6.45, 7) is 2.12. The highest BCUT2D eigenvalue weighted by Crippen LogP contribution is 2.28. The second-order valence-corrected chi connectivity index (χ2v) is 8.25. The predicted octanol–water partition coefficient (Wildman–Crippen LogP) is 5.17. The molecule has 0 spiro atoms. The van der Waals surface area contributed by atoms with Gasteiger partial charge in [0.05, 0.1) is 10.6 Å². The third-order valence-electron chi connectivity index (χ3n) is 4.52. The van der Waals surface area contributed by atoms with Crippen molar-refractivity contribution < 1.29 is 9.72 Å². The number of nitriles is 1. The summed E-state index contributed by atoms with van der Waals surface area (Å²) in [6, 6.07) is 9.63. The summed E-state index contributed by atoms with van der Waals surface area (Å²) in [6.07, 6.45) is 7.06. The Kier molecular flexibility index (Phi) is 7.70. The zero-order valence-electron chi connectivity index (χ0n) is 17.1. The quantitative estimate of drug-likeness (QED) is 0.151. The Labute approximate surface area is 193 Å². The molecule has 0 saturated heterocycles. The molecule has 32 heavy (non-hydrogen) atoms. The second-order valence-electron chi connectivity index (χ2n) is 6.78. The zero-order chi connectivity index (χ0) is 23.1.